The van der Waals surface area contributed by atoms with Crippen molar-refractivity contribution >= 4 is 5.78 Å². The number of likely N-dealkylation sites (N-methyl/N-ethyl adjacent to an activating group) is 1. The Morgan fingerprint density at radius 2 is 2.03 bits per heavy atom. The molecule has 6 rings (SSSR count). The molecule has 0 unspecified atom stereocenters. The molecule has 1 saturated heterocycles. The van der Waals surface area contributed by atoms with E-state index in [4.69, 9.17) is 14.2 Å². The lowest BCUT2D eigenvalue weighted by molar-refractivity contribution is -0.178. The molecule has 4 atom stereocenters. The van der Waals surface area contributed by atoms with E-state index in [0.29, 0.717) is 12.4 Å². The first kappa shape index (κ1) is 18.2. The van der Waals surface area contributed by atoms with Crippen LogP contribution in [-0.4, -0.2) is 49.1 Å². The first-order valence-electron chi connectivity index (χ1n) is 10.6. The Kier molecular flexibility index (Phi) is 3.75. The van der Waals surface area contributed by atoms with Crippen molar-refractivity contribution in [1.29, 1.82) is 0 Å². The van der Waals surface area contributed by atoms with E-state index in [2.05, 4.69) is 30.1 Å². The quantitative estimate of drug-likeness (QED) is 0.785. The van der Waals surface area contributed by atoms with Crippen LogP contribution >= 0.6 is 0 Å². The standard InChI is InChI=1S/C25H25NO4/c1-26-13-12-24-21-17-8-9-19(28-2)22(21)30-23(24)18(27)10-11-25(24,20(26)14-17)29-15-16-6-4-3-5-7-16/h3-11,20,23H,12-15H2,1-2H3/t20-,23+,24+,25-/m1/s1. The maximum absolute atomic E-state index is 13.1. The molecule has 2 heterocycles. The Morgan fingerprint density at radius 1 is 1.20 bits per heavy atom. The molecular weight excluding hydrogens is 378 g/mol. The summed E-state index contributed by atoms with van der Waals surface area (Å²) in [6.45, 7) is 1.39. The topological polar surface area (TPSA) is 48.0 Å². The van der Waals surface area contributed by atoms with E-state index in [1.165, 1.54) is 5.56 Å². The molecular formula is C25H25NO4. The number of rotatable bonds is 4. The Bertz CT molecular complexity index is 1060. The minimum atomic E-state index is -0.626. The molecule has 5 heteroatoms. The van der Waals surface area contributed by atoms with Gasteiger partial charge in [0.2, 0.25) is 0 Å². The summed E-state index contributed by atoms with van der Waals surface area (Å²) >= 11 is 0. The summed E-state index contributed by atoms with van der Waals surface area (Å²) in [5, 5.41) is 0. The van der Waals surface area contributed by atoms with Gasteiger partial charge in [-0.3, -0.25) is 9.69 Å². The molecule has 2 aliphatic heterocycles. The highest BCUT2D eigenvalue weighted by Gasteiger charge is 2.72. The van der Waals surface area contributed by atoms with Crippen LogP contribution in [0.5, 0.6) is 11.5 Å². The maximum Gasteiger partial charge on any atom is 0.196 e. The molecule has 4 aliphatic rings. The zero-order chi connectivity index (χ0) is 20.5. The normalized spacial score (nSPS) is 33.2. The molecule has 154 valence electrons. The van der Waals surface area contributed by atoms with Gasteiger partial charge in [0.05, 0.1) is 19.1 Å². The average molecular weight is 403 g/mol. The van der Waals surface area contributed by atoms with Gasteiger partial charge in [0, 0.05) is 11.6 Å². The number of methoxy groups -OCH3 is 1. The van der Waals surface area contributed by atoms with E-state index >= 15 is 0 Å². The smallest absolute Gasteiger partial charge is 0.196 e. The molecule has 0 amide bonds. The fourth-order valence-corrected chi connectivity index (χ4v) is 6.30. The van der Waals surface area contributed by atoms with Crippen molar-refractivity contribution in [3.8, 4) is 11.5 Å². The van der Waals surface area contributed by atoms with E-state index in [1.807, 2.05) is 30.3 Å². The molecule has 0 aromatic heterocycles. The highest BCUT2D eigenvalue weighted by Crippen LogP contribution is 2.64. The molecule has 5 nitrogen and oxygen atoms in total. The van der Waals surface area contributed by atoms with Crippen LogP contribution in [0.3, 0.4) is 0 Å². The highest BCUT2D eigenvalue weighted by molar-refractivity contribution is 5.99. The lowest BCUT2D eigenvalue weighted by atomic mass is 9.50. The van der Waals surface area contributed by atoms with Crippen molar-refractivity contribution in [2.24, 2.45) is 0 Å². The predicted molar refractivity (Wildman–Crippen MR) is 112 cm³/mol. The van der Waals surface area contributed by atoms with E-state index in [-0.39, 0.29) is 11.8 Å². The van der Waals surface area contributed by atoms with Gasteiger partial charge in [0.1, 0.15) is 5.60 Å². The van der Waals surface area contributed by atoms with Crippen LogP contribution in [0.15, 0.2) is 54.6 Å². The zero-order valence-electron chi connectivity index (χ0n) is 17.3. The number of carbonyl (C=O) groups excluding carboxylic acids is 1. The number of hydrogen-bond donors (Lipinski definition) is 0. The summed E-state index contributed by atoms with van der Waals surface area (Å²) < 4.78 is 18.9. The van der Waals surface area contributed by atoms with E-state index < -0.39 is 17.1 Å². The summed E-state index contributed by atoms with van der Waals surface area (Å²) in [5.74, 6) is 1.44. The van der Waals surface area contributed by atoms with Gasteiger partial charge in [-0.2, -0.15) is 0 Å². The number of ether oxygens (including phenoxy) is 3. The van der Waals surface area contributed by atoms with Gasteiger partial charge < -0.3 is 14.2 Å². The van der Waals surface area contributed by atoms with Gasteiger partial charge in [-0.25, -0.2) is 0 Å². The third-order valence-electron chi connectivity index (χ3n) is 7.63. The molecule has 30 heavy (non-hydrogen) atoms. The van der Waals surface area contributed by atoms with E-state index in [0.717, 1.165) is 36.3 Å². The number of piperidine rings is 1. The molecule has 2 aromatic rings. The fraction of sp³-hybridized carbons (Fsp3) is 0.400. The molecule has 2 aliphatic carbocycles. The molecule has 0 saturated carbocycles. The lowest BCUT2D eigenvalue weighted by Gasteiger charge is -2.62. The number of likely N-dealkylation sites (tertiary alicyclic amines) is 1. The van der Waals surface area contributed by atoms with Crippen LogP contribution in [0.25, 0.3) is 0 Å². The third-order valence-corrected chi connectivity index (χ3v) is 7.63. The first-order chi connectivity index (χ1) is 14.6. The Hall–Kier alpha value is -2.63. The largest absolute Gasteiger partial charge is 0.493 e. The zero-order valence-corrected chi connectivity index (χ0v) is 17.3. The molecule has 2 aromatic carbocycles. The van der Waals surface area contributed by atoms with Crippen molar-refractivity contribution in [2.75, 3.05) is 20.7 Å². The minimum Gasteiger partial charge on any atom is -0.493 e. The van der Waals surface area contributed by atoms with E-state index in [1.54, 1.807) is 13.2 Å². The van der Waals surface area contributed by atoms with E-state index in [9.17, 15) is 4.79 Å². The first-order valence-corrected chi connectivity index (χ1v) is 10.6. The summed E-state index contributed by atoms with van der Waals surface area (Å²) in [6.07, 6.45) is 4.82. The summed E-state index contributed by atoms with van der Waals surface area (Å²) in [7, 11) is 3.82. The number of benzene rings is 2. The molecule has 1 fully saturated rings. The van der Waals surface area contributed by atoms with Crippen LogP contribution in [-0.2, 0) is 28.0 Å². The predicted octanol–water partition coefficient (Wildman–Crippen LogP) is 3.05. The van der Waals surface area contributed by atoms with Gasteiger partial charge >= 0.3 is 0 Å². The van der Waals surface area contributed by atoms with Crippen molar-refractivity contribution in [3.05, 3.63) is 71.3 Å². The molecule has 0 N–H and O–H groups in total. The van der Waals surface area contributed by atoms with Gasteiger partial charge in [-0.1, -0.05) is 36.4 Å². The lowest BCUT2D eigenvalue weighted by Crippen LogP contribution is -2.75. The average Bonchev–Trinajstić information content (AvgIpc) is 3.13. The van der Waals surface area contributed by atoms with Gasteiger partial charge in [-0.05, 0) is 55.8 Å². The van der Waals surface area contributed by atoms with Gasteiger partial charge in [0.25, 0.3) is 0 Å². The van der Waals surface area contributed by atoms with Crippen LogP contribution in [0.4, 0.5) is 0 Å². The van der Waals surface area contributed by atoms with Crippen molar-refractivity contribution in [3.63, 3.8) is 0 Å². The van der Waals surface area contributed by atoms with Crippen LogP contribution in [0.2, 0.25) is 0 Å². The fourth-order valence-electron chi connectivity index (χ4n) is 6.30. The summed E-state index contributed by atoms with van der Waals surface area (Å²) in [6, 6.07) is 14.5. The summed E-state index contributed by atoms with van der Waals surface area (Å²) in [4.78, 5) is 15.5. The minimum absolute atomic E-state index is 0.0170. The van der Waals surface area contributed by atoms with Crippen LogP contribution in [0, 0.1) is 0 Å². The number of carbonyl (C=O) groups is 1. The Balaban J connectivity index is 1.57. The summed E-state index contributed by atoms with van der Waals surface area (Å²) in [5.41, 5.74) is 2.34. The second-order valence-electron chi connectivity index (χ2n) is 8.85. The molecule has 0 radical (unpaired) electrons. The highest BCUT2D eigenvalue weighted by atomic mass is 16.5. The van der Waals surface area contributed by atoms with Crippen molar-refractivity contribution in [2.45, 2.75) is 42.6 Å². The molecule has 2 bridgehead atoms. The maximum atomic E-state index is 13.1. The van der Waals surface area contributed by atoms with Crippen molar-refractivity contribution in [1.82, 2.24) is 4.90 Å². The third kappa shape index (κ3) is 2.07. The number of hydrogen-bond acceptors (Lipinski definition) is 5. The number of ketones is 1. The SMILES string of the molecule is COc1ccc2c3c1O[C@H]1C(=O)C=C[C@@]4(OCc5ccccc5)[C@@H](C2)N(C)CC[C@]314. The number of nitrogens with zero attached hydrogens (tertiary/aromatic N) is 1. The van der Waals surface area contributed by atoms with Crippen LogP contribution in [0.1, 0.15) is 23.1 Å². The Labute approximate surface area is 176 Å². The van der Waals surface area contributed by atoms with Crippen LogP contribution < -0.4 is 9.47 Å². The second kappa shape index (κ2) is 6.19. The van der Waals surface area contributed by atoms with Gasteiger partial charge in [-0.15, -0.1) is 0 Å². The second-order valence-corrected chi connectivity index (χ2v) is 8.85. The van der Waals surface area contributed by atoms with Gasteiger partial charge in [0.15, 0.2) is 23.4 Å². The molecule has 1 spiro atoms. The van der Waals surface area contributed by atoms with Crippen molar-refractivity contribution < 1.29 is 19.0 Å². The monoisotopic (exact) mass is 403 g/mol. The Morgan fingerprint density at radius 3 is 2.83 bits per heavy atom.